The van der Waals surface area contributed by atoms with Gasteiger partial charge in [0.05, 0.1) is 56.6 Å². The number of nitrogens with zero attached hydrogens (tertiary/aromatic N) is 6. The molecule has 4 aliphatic rings. The monoisotopic (exact) mass is 1580 g/mol. The first-order chi connectivity index (χ1) is 52.6. The van der Waals surface area contributed by atoms with Crippen LogP contribution < -0.4 is 37.6 Å². The normalized spacial score (nSPS) is 22.7. The SMILES string of the molecule is CCCCCC(=O)C[C@H]1CSCc2cccc(c2)CSC[C@@H](C(=O)N[C@@H](CC(=O)O)C(=O)NCCCCCNC(=O)CN2CCN(CC(=O)O)CCN(CC(=O)O)CCN(CC(=O)O)CC2)CC(=O)[C@H](Cc2ccccc2)NC(=O)[C@H](CCC(N)=O)NC(=O)[C@H]([C@@H](C)O)NC(=O)[C@@H]2CCCN2C(=O)[C@@H]2CCCN2C1=O. The molecule has 6 rings (SSSR count). The number of hydrogen-bond acceptors (Lipinski definition) is 22. The predicted molar refractivity (Wildman–Crippen MR) is 407 cm³/mol. The zero-order valence-electron chi connectivity index (χ0n) is 63.0. The van der Waals surface area contributed by atoms with Crippen LogP contribution in [0.5, 0.6) is 0 Å². The molecule has 9 atom stereocenters. The van der Waals surface area contributed by atoms with E-state index in [2.05, 4.69) is 31.9 Å². The molecule has 35 heteroatoms. The Hall–Kier alpha value is -8.61. The number of hydrogen-bond donors (Lipinski definition) is 12. The highest BCUT2D eigenvalue weighted by molar-refractivity contribution is 7.98. The molecule has 0 saturated carbocycles. The third kappa shape index (κ3) is 32.0. The lowest BCUT2D eigenvalue weighted by molar-refractivity contribution is -0.148. The Morgan fingerprint density at radius 1 is 0.582 bits per heavy atom. The van der Waals surface area contributed by atoms with Gasteiger partial charge in [0.1, 0.15) is 36.0 Å². The van der Waals surface area contributed by atoms with Gasteiger partial charge in [-0.2, -0.15) is 23.5 Å². The molecule has 0 unspecified atom stereocenters. The largest absolute Gasteiger partial charge is 0.481 e. The maximum atomic E-state index is 15.1. The van der Waals surface area contributed by atoms with Gasteiger partial charge in [-0.25, -0.2) is 0 Å². The van der Waals surface area contributed by atoms with E-state index in [1.807, 2.05) is 31.2 Å². The molecule has 33 nitrogen and oxygen atoms in total. The zero-order chi connectivity index (χ0) is 80.2. The summed E-state index contributed by atoms with van der Waals surface area (Å²) in [6.07, 6.45) is 1.09. The fraction of sp³-hybridized carbons (Fsp3) is 0.640. The number of benzene rings is 2. The van der Waals surface area contributed by atoms with E-state index in [0.717, 1.165) is 24.0 Å². The number of Topliss-reactive ketones (excluding diaryl/α,β-unsaturated/α-hetero) is 2. The van der Waals surface area contributed by atoms with Crippen molar-refractivity contribution >= 4 is 112 Å². The molecule has 9 amide bonds. The van der Waals surface area contributed by atoms with E-state index in [0.29, 0.717) is 56.3 Å². The van der Waals surface area contributed by atoms with E-state index in [1.54, 1.807) is 49.9 Å². The van der Waals surface area contributed by atoms with Crippen LogP contribution in [-0.4, -0.2) is 302 Å². The molecule has 110 heavy (non-hydrogen) atoms. The lowest BCUT2D eigenvalue weighted by Crippen LogP contribution is -2.61. The Morgan fingerprint density at radius 2 is 1.13 bits per heavy atom. The molecular weight excluding hydrogens is 1470 g/mol. The maximum absolute atomic E-state index is 15.1. The number of primary amides is 1. The summed E-state index contributed by atoms with van der Waals surface area (Å²) in [5.41, 5.74) is 7.78. The van der Waals surface area contributed by atoms with Crippen molar-refractivity contribution in [3.8, 4) is 0 Å². The fourth-order valence-corrected chi connectivity index (χ4v) is 16.0. The minimum absolute atomic E-state index is 0.0175. The van der Waals surface area contributed by atoms with Crippen LogP contribution in [0.15, 0.2) is 54.6 Å². The number of aliphatic carboxylic acids is 4. The second-order valence-corrected chi connectivity index (χ2v) is 30.7. The van der Waals surface area contributed by atoms with Crippen molar-refractivity contribution in [3.05, 3.63) is 71.3 Å². The molecule has 2 bridgehead atoms. The van der Waals surface area contributed by atoms with E-state index in [4.69, 9.17) is 5.73 Å². The van der Waals surface area contributed by atoms with Gasteiger partial charge >= 0.3 is 23.9 Å². The molecule has 3 fully saturated rings. The van der Waals surface area contributed by atoms with E-state index >= 15 is 4.79 Å². The molecule has 608 valence electrons. The van der Waals surface area contributed by atoms with Gasteiger partial charge in [0.2, 0.25) is 53.2 Å². The molecule has 4 heterocycles. The molecule has 0 spiro atoms. The van der Waals surface area contributed by atoms with E-state index in [-0.39, 0.29) is 165 Å². The van der Waals surface area contributed by atoms with Crippen LogP contribution in [0.4, 0.5) is 0 Å². The highest BCUT2D eigenvalue weighted by atomic mass is 32.2. The van der Waals surface area contributed by atoms with Crippen LogP contribution in [0.25, 0.3) is 0 Å². The summed E-state index contributed by atoms with van der Waals surface area (Å²) >= 11 is 2.70. The molecule has 2 aromatic carbocycles. The van der Waals surface area contributed by atoms with E-state index in [1.165, 1.54) is 40.2 Å². The quantitative estimate of drug-likeness (QED) is 0.0444. The average Bonchev–Trinajstić information content (AvgIpc) is 1.64. The van der Waals surface area contributed by atoms with Gasteiger partial charge in [0.25, 0.3) is 0 Å². The second kappa shape index (κ2) is 47.6. The molecular formula is C75H111N13O20S2. The first-order valence-electron chi connectivity index (χ1n) is 38.0. The number of amides is 9. The molecule has 13 N–H and O–H groups in total. The Balaban J connectivity index is 1.20. The average molecular weight is 1580 g/mol. The van der Waals surface area contributed by atoms with E-state index < -0.39 is 151 Å². The number of fused-ring (bicyclic) bond motifs is 4. The molecule has 0 aromatic heterocycles. The summed E-state index contributed by atoms with van der Waals surface area (Å²) in [7, 11) is 0. The number of aliphatic hydroxyl groups is 1. The van der Waals surface area contributed by atoms with Crippen LogP contribution in [0, 0.1) is 11.8 Å². The summed E-state index contributed by atoms with van der Waals surface area (Å²) < 4.78 is 0. The zero-order valence-corrected chi connectivity index (χ0v) is 64.6. The maximum Gasteiger partial charge on any atom is 0.317 e. The summed E-state index contributed by atoms with van der Waals surface area (Å²) in [5, 5.41) is 65.8. The van der Waals surface area contributed by atoms with E-state index in [9.17, 15) is 92.7 Å². The Labute approximate surface area is 649 Å². The van der Waals surface area contributed by atoms with Gasteiger partial charge in [-0.05, 0) is 87.8 Å². The minimum atomic E-state index is -1.75. The smallest absolute Gasteiger partial charge is 0.317 e. The van der Waals surface area contributed by atoms with Crippen molar-refractivity contribution in [3.63, 3.8) is 0 Å². The van der Waals surface area contributed by atoms with Crippen LogP contribution in [0.3, 0.4) is 0 Å². The number of nitrogens with one attached hydrogen (secondary N) is 6. The fourth-order valence-electron chi connectivity index (χ4n) is 13.8. The molecule has 2 aromatic rings. The highest BCUT2D eigenvalue weighted by Gasteiger charge is 2.45. The number of aliphatic hydroxyl groups excluding tert-OH is 1. The van der Waals surface area contributed by atoms with Crippen LogP contribution in [0.2, 0.25) is 0 Å². The van der Waals surface area contributed by atoms with Crippen LogP contribution >= 0.6 is 23.5 Å². The van der Waals surface area contributed by atoms with Gasteiger partial charge < -0.3 is 73.0 Å². The number of unbranched alkanes of at least 4 members (excludes halogenated alkanes) is 4. The van der Waals surface area contributed by atoms with Crippen molar-refractivity contribution in [2.75, 3.05) is 116 Å². The lowest BCUT2D eigenvalue weighted by Gasteiger charge is -2.33. The van der Waals surface area contributed by atoms with Gasteiger partial charge in [0, 0.05) is 127 Å². The highest BCUT2D eigenvalue weighted by Crippen LogP contribution is 2.30. The van der Waals surface area contributed by atoms with Crippen LogP contribution in [0.1, 0.15) is 133 Å². The first kappa shape index (κ1) is 90.3. The molecule has 0 radical (unpaired) electrons. The third-order valence-electron chi connectivity index (χ3n) is 19.8. The van der Waals surface area contributed by atoms with Gasteiger partial charge in [-0.15, -0.1) is 0 Å². The summed E-state index contributed by atoms with van der Waals surface area (Å²) in [5.74, 6) is -13.4. The Morgan fingerprint density at radius 3 is 1.68 bits per heavy atom. The number of rotatable bonds is 31. The predicted octanol–water partition coefficient (Wildman–Crippen LogP) is 0.0607. The topological polar surface area (TPSA) is 475 Å². The molecule has 0 aliphatic carbocycles. The van der Waals surface area contributed by atoms with Gasteiger partial charge in [-0.3, -0.25) is 91.5 Å². The first-order valence-corrected chi connectivity index (χ1v) is 40.3. The number of carbonyl (C=O) groups excluding carboxylic acids is 11. The minimum Gasteiger partial charge on any atom is -0.481 e. The van der Waals surface area contributed by atoms with Crippen molar-refractivity contribution in [2.24, 2.45) is 17.6 Å². The van der Waals surface area contributed by atoms with Gasteiger partial charge in [0.15, 0.2) is 5.78 Å². The Kier molecular flexibility index (Phi) is 39.0. The van der Waals surface area contributed by atoms with Crippen LogP contribution in [-0.2, 0) is 89.8 Å². The summed E-state index contributed by atoms with van der Waals surface area (Å²) in [4.78, 5) is 213. The lowest BCUT2D eigenvalue weighted by atomic mass is 9.94. The number of nitrogens with two attached hydrogens (primary N) is 1. The number of carboxylic acid groups (broad SMARTS) is 4. The van der Waals surface area contributed by atoms with Gasteiger partial charge in [-0.1, -0.05) is 74.4 Å². The number of carboxylic acids is 4. The van der Waals surface area contributed by atoms with Crippen molar-refractivity contribution in [2.45, 2.75) is 177 Å². The third-order valence-corrected chi connectivity index (χ3v) is 22.1. The standard InChI is InChI=1S/C75H111N13O20S2/c1-3-4-7-19-55(90)38-54-48-110-46-52-18-12-17-51(36-52)45-109-47-53(69(102)81-58(40-64(94)95)70(103)78-25-11-6-10-24-77-63(93)41-83-28-30-84(42-65(96)97)32-34-86(44-67(100)101)35-33-85(31-29-83)43-66(98)99)39-61(91)57(37-50-15-8-5-9-16-50)80-71(104)56(22-23-62(76)92)79-73(106)68(49(2)89)82-72(105)59-20-13-26-87(59)75(108)60-21-14-27-88(60)74(54)107/h5,8-9,12,15-18,36,49,53-54,56-60,68,89H,3-4,6-7,10-11,13-14,19-35,37-48H2,1-2H3,(H2,76,92)(H,77,93)(H,78,103)(H,79,106)(H,80,104)(H,81,102)(H,82,105)(H,94,95)(H,96,97)(H,98,99)(H,100,101)/t49-,53+,54+,56+,57+,58+,59+,60+,68+/m1/s1. The number of carbonyl (C=O) groups is 15. The summed E-state index contributed by atoms with van der Waals surface area (Å²) in [6, 6.07) is 7.48. The Bertz CT molecular complexity index is 3440. The second-order valence-electron chi connectivity index (χ2n) is 28.7. The van der Waals surface area contributed by atoms with Crippen molar-refractivity contribution in [1.82, 2.24) is 61.3 Å². The summed E-state index contributed by atoms with van der Waals surface area (Å²) in [6.45, 7) is 4.52. The number of ketones is 2. The molecule has 3 saturated heterocycles. The number of thioether (sulfide) groups is 2. The molecule has 4 aliphatic heterocycles. The van der Waals surface area contributed by atoms with Crippen molar-refractivity contribution < 1.29 is 97.5 Å². The van der Waals surface area contributed by atoms with Crippen molar-refractivity contribution in [1.29, 1.82) is 0 Å².